The van der Waals surface area contributed by atoms with E-state index in [1.54, 1.807) is 0 Å². The monoisotopic (exact) mass is 787 g/mol. The van der Waals surface area contributed by atoms with Gasteiger partial charge in [-0.2, -0.15) is 0 Å². The van der Waals surface area contributed by atoms with Crippen molar-refractivity contribution in [2.75, 3.05) is 4.90 Å². The Morgan fingerprint density at radius 1 is 0.344 bits per heavy atom. The molecule has 296 valence electrons. The molecule has 0 atom stereocenters. The fourth-order valence-corrected chi connectivity index (χ4v) is 8.67. The van der Waals surface area contributed by atoms with Gasteiger partial charge in [0.15, 0.2) is 0 Å². The summed E-state index contributed by atoms with van der Waals surface area (Å²) in [5.74, 6) is 0. The topological polar surface area (TPSA) is 16.4 Å². The van der Waals surface area contributed by atoms with Crippen LogP contribution in [0.3, 0.4) is 0 Å². The third kappa shape index (κ3) is 7.54. The van der Waals surface area contributed by atoms with Gasteiger partial charge >= 0.3 is 0 Å². The van der Waals surface area contributed by atoms with Crippen LogP contribution < -0.4 is 4.90 Å². The number of hydrogen-bond donors (Lipinski definition) is 0. The number of fused-ring (bicyclic) bond motifs is 3. The summed E-state index contributed by atoms with van der Waals surface area (Å²) in [5, 5.41) is 2.24. The van der Waals surface area contributed by atoms with Gasteiger partial charge in [0.05, 0.1) is 5.69 Å². The zero-order valence-corrected chi connectivity index (χ0v) is 35.5. The standard InChI is InChI=1S/C57H43NO.C2H6/c1-38-14-10-12-20-49(38)51-33-34-54(57(40(51)3)50-21-13-11-15-39(50)2)58(47-28-22-43(23-29-47)41-16-6-4-7-17-41)48-30-24-44(25-31-48)45-27-35-55-53(36-45)52-32-26-46(37-56(52)59-55)42-18-8-5-9-19-42;1-2/h4-37H,1-3H3;1-2H3. The molecule has 0 aliphatic carbocycles. The summed E-state index contributed by atoms with van der Waals surface area (Å²) in [6, 6.07) is 74.2. The first-order valence-corrected chi connectivity index (χ1v) is 21.3. The molecule has 0 aliphatic heterocycles. The molecule has 0 saturated heterocycles. The molecule has 0 aliphatic rings. The number of benzene rings is 9. The van der Waals surface area contributed by atoms with Crippen molar-refractivity contribution in [3.8, 4) is 55.6 Å². The minimum Gasteiger partial charge on any atom is -0.456 e. The van der Waals surface area contributed by atoms with E-state index in [-0.39, 0.29) is 0 Å². The fraction of sp³-hybridized carbons (Fsp3) is 0.0847. The van der Waals surface area contributed by atoms with Crippen LogP contribution in [0.15, 0.2) is 211 Å². The first-order chi connectivity index (χ1) is 30.0. The van der Waals surface area contributed by atoms with Gasteiger partial charge < -0.3 is 9.32 Å². The molecule has 0 amide bonds. The van der Waals surface area contributed by atoms with E-state index in [1.807, 2.05) is 19.9 Å². The summed E-state index contributed by atoms with van der Waals surface area (Å²) in [6.45, 7) is 10.7. The second-order valence-corrected chi connectivity index (χ2v) is 15.4. The van der Waals surface area contributed by atoms with Gasteiger partial charge in [0.1, 0.15) is 11.2 Å². The van der Waals surface area contributed by atoms with Crippen molar-refractivity contribution < 1.29 is 4.42 Å². The molecular weight excluding hydrogens is 739 g/mol. The van der Waals surface area contributed by atoms with Crippen LogP contribution in [0.25, 0.3) is 77.6 Å². The molecule has 0 fully saturated rings. The molecule has 9 aromatic carbocycles. The smallest absolute Gasteiger partial charge is 0.136 e. The van der Waals surface area contributed by atoms with E-state index in [0.29, 0.717) is 0 Å². The van der Waals surface area contributed by atoms with Crippen LogP contribution in [-0.4, -0.2) is 0 Å². The van der Waals surface area contributed by atoms with Gasteiger partial charge in [-0.25, -0.2) is 0 Å². The molecule has 1 aromatic heterocycles. The molecule has 0 N–H and O–H groups in total. The van der Waals surface area contributed by atoms with Crippen LogP contribution in [-0.2, 0) is 0 Å². The van der Waals surface area contributed by atoms with E-state index in [4.69, 9.17) is 4.42 Å². The Bertz CT molecular complexity index is 3100. The van der Waals surface area contributed by atoms with Crippen molar-refractivity contribution in [3.63, 3.8) is 0 Å². The van der Waals surface area contributed by atoms with Crippen molar-refractivity contribution in [3.05, 3.63) is 223 Å². The summed E-state index contributed by atoms with van der Waals surface area (Å²) in [5.41, 5.74) is 20.9. The molecule has 10 rings (SSSR count). The van der Waals surface area contributed by atoms with Crippen molar-refractivity contribution in [2.24, 2.45) is 0 Å². The van der Waals surface area contributed by atoms with E-state index in [1.165, 1.54) is 55.6 Å². The first-order valence-electron chi connectivity index (χ1n) is 21.3. The Labute approximate surface area is 360 Å². The minimum absolute atomic E-state index is 0.893. The molecule has 0 bridgehead atoms. The van der Waals surface area contributed by atoms with Gasteiger partial charge in [-0.1, -0.05) is 166 Å². The van der Waals surface area contributed by atoms with Crippen LogP contribution in [0.5, 0.6) is 0 Å². The number of anilines is 3. The highest BCUT2D eigenvalue weighted by Crippen LogP contribution is 2.47. The van der Waals surface area contributed by atoms with E-state index in [0.717, 1.165) is 55.7 Å². The highest BCUT2D eigenvalue weighted by atomic mass is 16.3. The van der Waals surface area contributed by atoms with E-state index in [9.17, 15) is 0 Å². The molecule has 61 heavy (non-hydrogen) atoms. The lowest BCUT2D eigenvalue weighted by Gasteiger charge is -2.30. The van der Waals surface area contributed by atoms with Crippen LogP contribution in [0.1, 0.15) is 30.5 Å². The van der Waals surface area contributed by atoms with Crippen LogP contribution in [0.4, 0.5) is 17.1 Å². The maximum Gasteiger partial charge on any atom is 0.136 e. The Kier molecular flexibility index (Phi) is 10.9. The van der Waals surface area contributed by atoms with E-state index >= 15 is 0 Å². The molecule has 0 saturated carbocycles. The Morgan fingerprint density at radius 3 is 1.43 bits per heavy atom. The summed E-state index contributed by atoms with van der Waals surface area (Å²) in [6.07, 6.45) is 0. The first kappa shape index (κ1) is 39.1. The predicted octanol–water partition coefficient (Wildman–Crippen LogP) is 17.3. The van der Waals surface area contributed by atoms with Crippen molar-refractivity contribution in [1.29, 1.82) is 0 Å². The lowest BCUT2D eigenvalue weighted by Crippen LogP contribution is -2.12. The summed E-state index contributed by atoms with van der Waals surface area (Å²) in [7, 11) is 0. The van der Waals surface area contributed by atoms with Crippen molar-refractivity contribution in [2.45, 2.75) is 34.6 Å². The van der Waals surface area contributed by atoms with Gasteiger partial charge in [0, 0.05) is 27.7 Å². The van der Waals surface area contributed by atoms with Crippen LogP contribution in [0.2, 0.25) is 0 Å². The number of aryl methyl sites for hydroxylation is 2. The van der Waals surface area contributed by atoms with Crippen molar-refractivity contribution in [1.82, 2.24) is 0 Å². The third-order valence-corrected chi connectivity index (χ3v) is 11.8. The van der Waals surface area contributed by atoms with Gasteiger partial charge in [-0.05, 0) is 142 Å². The van der Waals surface area contributed by atoms with E-state index in [2.05, 4.69) is 226 Å². The molecule has 0 unspecified atom stereocenters. The molecule has 1 heterocycles. The Hall–Kier alpha value is -7.42. The largest absolute Gasteiger partial charge is 0.456 e. The average Bonchev–Trinajstić information content (AvgIpc) is 3.69. The highest BCUT2D eigenvalue weighted by Gasteiger charge is 2.23. The molecule has 2 heteroatoms. The Morgan fingerprint density at radius 2 is 0.820 bits per heavy atom. The number of nitrogens with zero attached hydrogens (tertiary/aromatic N) is 1. The van der Waals surface area contributed by atoms with Crippen LogP contribution in [0, 0.1) is 20.8 Å². The third-order valence-electron chi connectivity index (χ3n) is 11.8. The molecule has 10 aromatic rings. The van der Waals surface area contributed by atoms with Gasteiger partial charge in [0.2, 0.25) is 0 Å². The normalized spacial score (nSPS) is 11.0. The maximum absolute atomic E-state index is 6.39. The molecule has 0 spiro atoms. The van der Waals surface area contributed by atoms with Crippen molar-refractivity contribution >= 4 is 39.0 Å². The summed E-state index contributed by atoms with van der Waals surface area (Å²) >= 11 is 0. The lowest BCUT2D eigenvalue weighted by atomic mass is 9.87. The van der Waals surface area contributed by atoms with Gasteiger partial charge in [0.25, 0.3) is 0 Å². The minimum atomic E-state index is 0.893. The lowest BCUT2D eigenvalue weighted by molar-refractivity contribution is 0.669. The zero-order valence-electron chi connectivity index (χ0n) is 35.5. The Balaban J connectivity index is 0.00000235. The average molecular weight is 788 g/mol. The summed E-state index contributed by atoms with van der Waals surface area (Å²) in [4.78, 5) is 2.42. The molecular formula is C59H49NO. The highest BCUT2D eigenvalue weighted by molar-refractivity contribution is 6.07. The van der Waals surface area contributed by atoms with Gasteiger partial charge in [-0.15, -0.1) is 0 Å². The predicted molar refractivity (Wildman–Crippen MR) is 261 cm³/mol. The SMILES string of the molecule is CC.Cc1ccccc1-c1ccc(N(c2ccc(-c3ccccc3)cc2)c2ccc(-c3ccc4oc5cc(-c6ccccc6)ccc5c4c3)cc2)c(-c2ccccc2C)c1C. The van der Waals surface area contributed by atoms with Crippen LogP contribution >= 0.6 is 0 Å². The fourth-order valence-electron chi connectivity index (χ4n) is 8.67. The second kappa shape index (κ2) is 17.0. The maximum atomic E-state index is 6.39. The quantitative estimate of drug-likeness (QED) is 0.152. The summed E-state index contributed by atoms with van der Waals surface area (Å²) < 4.78 is 6.39. The number of hydrogen-bond acceptors (Lipinski definition) is 2. The molecule has 2 nitrogen and oxygen atoms in total. The zero-order chi connectivity index (χ0) is 41.9. The number of rotatable bonds is 8. The molecule has 0 radical (unpaired) electrons. The van der Waals surface area contributed by atoms with E-state index < -0.39 is 0 Å². The van der Waals surface area contributed by atoms with Gasteiger partial charge in [-0.3, -0.25) is 0 Å². The number of furan rings is 1. The second-order valence-electron chi connectivity index (χ2n) is 15.4.